The van der Waals surface area contributed by atoms with Crippen molar-refractivity contribution in [3.05, 3.63) is 71.4 Å². The van der Waals surface area contributed by atoms with E-state index in [1.165, 1.54) is 18.2 Å². The number of nitrogens with one attached hydrogen (secondary N) is 1. The zero-order valence-corrected chi connectivity index (χ0v) is 15.1. The normalized spacial score (nSPS) is 13.9. The van der Waals surface area contributed by atoms with E-state index in [2.05, 4.69) is 20.2 Å². The molecule has 4 rings (SSSR count). The van der Waals surface area contributed by atoms with Crippen LogP contribution in [0.1, 0.15) is 46.4 Å². The maximum atomic E-state index is 12.6. The van der Waals surface area contributed by atoms with Gasteiger partial charge in [-0.3, -0.25) is 4.79 Å². The molecule has 1 saturated carbocycles. The molecule has 0 bridgehead atoms. The Morgan fingerprint density at radius 1 is 1.14 bits per heavy atom. The summed E-state index contributed by atoms with van der Waals surface area (Å²) in [5.74, 6) is 0.157. The highest BCUT2D eigenvalue weighted by molar-refractivity contribution is 6.06. The number of halogens is 3. The van der Waals surface area contributed by atoms with Crippen molar-refractivity contribution in [2.24, 2.45) is 0 Å². The first-order valence-corrected chi connectivity index (χ1v) is 8.95. The predicted octanol–water partition coefficient (Wildman–Crippen LogP) is 4.69. The van der Waals surface area contributed by atoms with E-state index in [0.29, 0.717) is 28.9 Å². The maximum absolute atomic E-state index is 12.6. The van der Waals surface area contributed by atoms with Gasteiger partial charge in [0.25, 0.3) is 5.91 Å². The second kappa shape index (κ2) is 7.57. The first kappa shape index (κ1) is 19.0. The van der Waals surface area contributed by atoms with E-state index in [4.69, 9.17) is 4.52 Å². The molecule has 1 aromatic heterocycles. The minimum atomic E-state index is -4.90. The SMILES string of the molecule is O=C(Nc1ccccc1Cc1nc(C2CC2)no1)c1ccccc1OC(F)(F)F. The van der Waals surface area contributed by atoms with E-state index in [1.54, 1.807) is 24.3 Å². The molecule has 150 valence electrons. The minimum Gasteiger partial charge on any atom is -0.405 e. The Morgan fingerprint density at radius 2 is 1.86 bits per heavy atom. The molecule has 3 aromatic rings. The zero-order chi connectivity index (χ0) is 20.4. The molecule has 1 N–H and O–H groups in total. The van der Waals surface area contributed by atoms with Crippen molar-refractivity contribution in [3.8, 4) is 5.75 Å². The number of carbonyl (C=O) groups is 1. The van der Waals surface area contributed by atoms with Crippen LogP contribution in [0.25, 0.3) is 0 Å². The number of hydrogen-bond donors (Lipinski definition) is 1. The van der Waals surface area contributed by atoms with Gasteiger partial charge in [-0.25, -0.2) is 0 Å². The lowest BCUT2D eigenvalue weighted by Crippen LogP contribution is -2.21. The average molecular weight is 403 g/mol. The summed E-state index contributed by atoms with van der Waals surface area (Å²) in [4.78, 5) is 17.0. The Hall–Kier alpha value is -3.36. The summed E-state index contributed by atoms with van der Waals surface area (Å²) < 4.78 is 47.0. The Kier molecular flexibility index (Phi) is 4.96. The second-order valence-corrected chi connectivity index (χ2v) is 6.65. The molecule has 2 aromatic carbocycles. The van der Waals surface area contributed by atoms with Gasteiger partial charge in [-0.15, -0.1) is 13.2 Å². The number of benzene rings is 2. The number of rotatable bonds is 6. The molecule has 1 aliphatic carbocycles. The summed E-state index contributed by atoms with van der Waals surface area (Å²) in [6.45, 7) is 0. The van der Waals surface area contributed by atoms with E-state index >= 15 is 0 Å². The summed E-state index contributed by atoms with van der Waals surface area (Å²) >= 11 is 0. The van der Waals surface area contributed by atoms with Crippen LogP contribution in [0.5, 0.6) is 5.75 Å². The number of para-hydroxylation sites is 2. The van der Waals surface area contributed by atoms with Gasteiger partial charge in [0, 0.05) is 11.6 Å². The van der Waals surface area contributed by atoms with Gasteiger partial charge in [-0.2, -0.15) is 4.98 Å². The van der Waals surface area contributed by atoms with Crippen LogP contribution >= 0.6 is 0 Å². The van der Waals surface area contributed by atoms with Gasteiger partial charge in [0.15, 0.2) is 5.82 Å². The fourth-order valence-electron chi connectivity index (χ4n) is 2.86. The monoisotopic (exact) mass is 403 g/mol. The molecule has 1 amide bonds. The van der Waals surface area contributed by atoms with Gasteiger partial charge in [0.2, 0.25) is 5.89 Å². The van der Waals surface area contributed by atoms with Crippen molar-refractivity contribution in [1.29, 1.82) is 0 Å². The predicted molar refractivity (Wildman–Crippen MR) is 96.6 cm³/mol. The summed E-state index contributed by atoms with van der Waals surface area (Å²) in [6.07, 6.45) is -2.52. The molecule has 0 saturated heterocycles. The van der Waals surface area contributed by atoms with Crippen LogP contribution in [0.3, 0.4) is 0 Å². The molecular formula is C20H16F3N3O3. The van der Waals surface area contributed by atoms with E-state index < -0.39 is 18.0 Å². The molecule has 0 aliphatic heterocycles. The van der Waals surface area contributed by atoms with Gasteiger partial charge in [0.1, 0.15) is 5.75 Å². The van der Waals surface area contributed by atoms with E-state index in [9.17, 15) is 18.0 Å². The van der Waals surface area contributed by atoms with Gasteiger partial charge in [0.05, 0.1) is 12.0 Å². The van der Waals surface area contributed by atoms with Crippen LogP contribution in [0.15, 0.2) is 53.1 Å². The molecule has 1 aliphatic rings. The smallest absolute Gasteiger partial charge is 0.405 e. The zero-order valence-electron chi connectivity index (χ0n) is 15.1. The van der Waals surface area contributed by atoms with Crippen LogP contribution in [0.2, 0.25) is 0 Å². The molecule has 0 unspecified atom stereocenters. The largest absolute Gasteiger partial charge is 0.573 e. The highest BCUT2D eigenvalue weighted by Gasteiger charge is 2.33. The second-order valence-electron chi connectivity index (χ2n) is 6.65. The van der Waals surface area contributed by atoms with Crippen molar-refractivity contribution in [2.45, 2.75) is 31.5 Å². The lowest BCUT2D eigenvalue weighted by atomic mass is 10.1. The van der Waals surface area contributed by atoms with Crippen molar-refractivity contribution in [3.63, 3.8) is 0 Å². The lowest BCUT2D eigenvalue weighted by molar-refractivity contribution is -0.274. The fourth-order valence-corrected chi connectivity index (χ4v) is 2.86. The number of aromatic nitrogens is 2. The van der Waals surface area contributed by atoms with Crippen LogP contribution in [-0.4, -0.2) is 22.4 Å². The number of hydrogen-bond acceptors (Lipinski definition) is 5. The van der Waals surface area contributed by atoms with Crippen molar-refractivity contribution in [2.75, 3.05) is 5.32 Å². The standard InChI is InChI=1S/C20H16F3N3O3/c21-20(22,23)28-16-8-4-2-6-14(16)19(27)24-15-7-3-1-5-13(15)11-17-25-18(26-29-17)12-9-10-12/h1-8,12H,9-11H2,(H,24,27). The number of alkyl halides is 3. The molecule has 0 atom stereocenters. The molecule has 6 nitrogen and oxygen atoms in total. The van der Waals surface area contributed by atoms with E-state index in [1.807, 2.05) is 0 Å². The average Bonchev–Trinajstić information content (AvgIpc) is 3.42. The molecule has 29 heavy (non-hydrogen) atoms. The lowest BCUT2D eigenvalue weighted by Gasteiger charge is -2.14. The van der Waals surface area contributed by atoms with Gasteiger partial charge < -0.3 is 14.6 Å². The summed E-state index contributed by atoms with van der Waals surface area (Å²) in [5.41, 5.74) is 0.903. The summed E-state index contributed by atoms with van der Waals surface area (Å²) in [7, 11) is 0. The third-order valence-corrected chi connectivity index (χ3v) is 4.39. The first-order valence-electron chi connectivity index (χ1n) is 8.95. The van der Waals surface area contributed by atoms with Gasteiger partial charge >= 0.3 is 6.36 Å². The van der Waals surface area contributed by atoms with Crippen molar-refractivity contribution >= 4 is 11.6 Å². The Bertz CT molecular complexity index is 1030. The minimum absolute atomic E-state index is 0.228. The molecule has 9 heteroatoms. The van der Waals surface area contributed by atoms with Crippen molar-refractivity contribution < 1.29 is 27.2 Å². The van der Waals surface area contributed by atoms with Gasteiger partial charge in [-0.1, -0.05) is 35.5 Å². The number of ether oxygens (including phenoxy) is 1. The number of amides is 1. The molecule has 1 fully saturated rings. The molecular weight excluding hydrogens is 387 g/mol. The van der Waals surface area contributed by atoms with Gasteiger partial charge in [-0.05, 0) is 36.6 Å². The molecule has 0 radical (unpaired) electrons. The Balaban J connectivity index is 1.53. The summed E-state index contributed by atoms with van der Waals surface area (Å²) in [5, 5.41) is 6.60. The Labute approximate surface area is 163 Å². The van der Waals surface area contributed by atoms with Crippen LogP contribution in [-0.2, 0) is 6.42 Å². The Morgan fingerprint density at radius 3 is 2.62 bits per heavy atom. The highest BCUT2D eigenvalue weighted by Crippen LogP contribution is 2.38. The van der Waals surface area contributed by atoms with Crippen LogP contribution < -0.4 is 10.1 Å². The van der Waals surface area contributed by atoms with E-state index in [0.717, 1.165) is 18.9 Å². The highest BCUT2D eigenvalue weighted by atomic mass is 19.4. The number of anilines is 1. The van der Waals surface area contributed by atoms with Crippen LogP contribution in [0, 0.1) is 0 Å². The van der Waals surface area contributed by atoms with Crippen LogP contribution in [0.4, 0.5) is 18.9 Å². The molecule has 1 heterocycles. The number of nitrogens with zero attached hydrogens (tertiary/aromatic N) is 2. The topological polar surface area (TPSA) is 77.3 Å². The maximum Gasteiger partial charge on any atom is 0.573 e. The quantitative estimate of drug-likeness (QED) is 0.646. The third kappa shape index (κ3) is 4.74. The fraction of sp³-hybridized carbons (Fsp3) is 0.250. The van der Waals surface area contributed by atoms with Crippen molar-refractivity contribution in [1.82, 2.24) is 10.1 Å². The third-order valence-electron chi connectivity index (χ3n) is 4.39. The first-order chi connectivity index (χ1) is 13.9. The summed E-state index contributed by atoms with van der Waals surface area (Å²) in [6, 6.07) is 12.1. The molecule has 0 spiro atoms. The van der Waals surface area contributed by atoms with E-state index in [-0.39, 0.29) is 12.0 Å². The number of carbonyl (C=O) groups excluding carboxylic acids is 1.